The number of hydrogen-bond donors (Lipinski definition) is 3. The fourth-order valence-electron chi connectivity index (χ4n) is 1.50. The SMILES string of the molecule is CC(=O)c1ccc(S(=O)(=O)N[C@@H](CC(N)=O)C(=O)O)cc1. The first kappa shape index (κ1) is 16.8. The maximum atomic E-state index is 12.0. The zero-order valence-electron chi connectivity index (χ0n) is 11.1. The van der Waals surface area contributed by atoms with Crippen LogP contribution in [-0.2, 0) is 19.6 Å². The van der Waals surface area contributed by atoms with Gasteiger partial charge in [-0.25, -0.2) is 8.42 Å². The second-order valence-corrected chi connectivity index (χ2v) is 5.98. The first-order chi connectivity index (χ1) is 9.63. The van der Waals surface area contributed by atoms with Crippen LogP contribution in [0.4, 0.5) is 0 Å². The average Bonchev–Trinajstić information content (AvgIpc) is 2.37. The number of Topliss-reactive ketones (excluding diaryl/α,β-unsaturated/α-hetero) is 1. The molecule has 114 valence electrons. The van der Waals surface area contributed by atoms with E-state index in [9.17, 15) is 22.8 Å². The van der Waals surface area contributed by atoms with Crippen LogP contribution in [0.25, 0.3) is 0 Å². The Morgan fingerprint density at radius 3 is 2.14 bits per heavy atom. The molecule has 0 radical (unpaired) electrons. The molecular weight excluding hydrogens is 300 g/mol. The third-order valence-electron chi connectivity index (χ3n) is 2.57. The Morgan fingerprint density at radius 2 is 1.76 bits per heavy atom. The third kappa shape index (κ3) is 4.65. The minimum absolute atomic E-state index is 0.219. The first-order valence-corrected chi connectivity index (χ1v) is 7.26. The molecule has 0 aliphatic carbocycles. The van der Waals surface area contributed by atoms with Crippen molar-refractivity contribution < 1.29 is 27.9 Å². The summed E-state index contributed by atoms with van der Waals surface area (Å²) in [6, 6.07) is 3.30. The van der Waals surface area contributed by atoms with E-state index in [1.54, 1.807) is 0 Å². The maximum absolute atomic E-state index is 12.0. The zero-order valence-corrected chi connectivity index (χ0v) is 11.9. The van der Waals surface area contributed by atoms with E-state index in [-0.39, 0.29) is 10.7 Å². The van der Waals surface area contributed by atoms with E-state index in [1.807, 2.05) is 4.72 Å². The quantitative estimate of drug-likeness (QED) is 0.578. The Kier molecular flexibility index (Phi) is 5.17. The molecule has 0 fully saturated rings. The van der Waals surface area contributed by atoms with Crippen molar-refractivity contribution in [2.75, 3.05) is 0 Å². The summed E-state index contributed by atoms with van der Waals surface area (Å²) in [5, 5.41) is 8.87. The third-order valence-corrected chi connectivity index (χ3v) is 4.06. The monoisotopic (exact) mass is 314 g/mol. The summed E-state index contributed by atoms with van der Waals surface area (Å²) in [5.41, 5.74) is 5.19. The van der Waals surface area contributed by atoms with E-state index in [0.29, 0.717) is 5.56 Å². The van der Waals surface area contributed by atoms with Crippen molar-refractivity contribution in [1.29, 1.82) is 0 Å². The maximum Gasteiger partial charge on any atom is 0.322 e. The van der Waals surface area contributed by atoms with Crippen LogP contribution in [0.15, 0.2) is 29.2 Å². The number of primary amides is 1. The van der Waals surface area contributed by atoms with Crippen LogP contribution in [-0.4, -0.2) is 37.2 Å². The van der Waals surface area contributed by atoms with E-state index < -0.39 is 34.4 Å². The van der Waals surface area contributed by atoms with Gasteiger partial charge in [0, 0.05) is 5.56 Å². The van der Waals surface area contributed by atoms with Crippen molar-refractivity contribution in [3.8, 4) is 0 Å². The molecule has 8 nitrogen and oxygen atoms in total. The molecular formula is C12H14N2O6S. The van der Waals surface area contributed by atoms with Crippen molar-refractivity contribution in [3.63, 3.8) is 0 Å². The second-order valence-electron chi connectivity index (χ2n) is 4.26. The molecule has 0 aliphatic rings. The second kappa shape index (κ2) is 6.46. The molecule has 1 rings (SSSR count). The van der Waals surface area contributed by atoms with Gasteiger partial charge < -0.3 is 10.8 Å². The van der Waals surface area contributed by atoms with Crippen LogP contribution >= 0.6 is 0 Å². The van der Waals surface area contributed by atoms with Crippen molar-refractivity contribution >= 4 is 27.7 Å². The Morgan fingerprint density at radius 1 is 1.24 bits per heavy atom. The summed E-state index contributed by atoms with van der Waals surface area (Å²) in [7, 11) is -4.14. The molecule has 0 saturated carbocycles. The normalized spacial score (nSPS) is 12.6. The topological polar surface area (TPSA) is 144 Å². The summed E-state index contributed by atoms with van der Waals surface area (Å²) in [4.78, 5) is 32.5. The van der Waals surface area contributed by atoms with E-state index in [2.05, 4.69) is 0 Å². The lowest BCUT2D eigenvalue weighted by Crippen LogP contribution is -2.43. The van der Waals surface area contributed by atoms with Gasteiger partial charge in [-0.3, -0.25) is 14.4 Å². The van der Waals surface area contributed by atoms with Gasteiger partial charge in [0.2, 0.25) is 15.9 Å². The lowest BCUT2D eigenvalue weighted by atomic mass is 10.2. The number of hydrogen-bond acceptors (Lipinski definition) is 5. The molecule has 4 N–H and O–H groups in total. The predicted octanol–water partition coefficient (Wildman–Crippen LogP) is -0.504. The van der Waals surface area contributed by atoms with Gasteiger partial charge in [0.05, 0.1) is 11.3 Å². The number of carbonyl (C=O) groups excluding carboxylic acids is 2. The number of carboxylic acid groups (broad SMARTS) is 1. The average molecular weight is 314 g/mol. The highest BCUT2D eigenvalue weighted by molar-refractivity contribution is 7.89. The molecule has 1 atom stereocenters. The van der Waals surface area contributed by atoms with Crippen LogP contribution in [0.5, 0.6) is 0 Å². The lowest BCUT2D eigenvalue weighted by molar-refractivity contribution is -0.140. The molecule has 1 aromatic carbocycles. The fourth-order valence-corrected chi connectivity index (χ4v) is 2.69. The van der Waals surface area contributed by atoms with Gasteiger partial charge >= 0.3 is 5.97 Å². The molecule has 0 spiro atoms. The summed E-state index contributed by atoms with van der Waals surface area (Å²) in [6.07, 6.45) is -0.667. The fraction of sp³-hybridized carbons (Fsp3) is 0.250. The number of ketones is 1. The number of rotatable bonds is 7. The van der Waals surface area contributed by atoms with Gasteiger partial charge in [-0.2, -0.15) is 4.72 Å². The van der Waals surface area contributed by atoms with Gasteiger partial charge in [-0.1, -0.05) is 12.1 Å². The molecule has 0 heterocycles. The van der Waals surface area contributed by atoms with Crippen molar-refractivity contribution in [2.24, 2.45) is 5.73 Å². The standard InChI is InChI=1S/C12H14N2O6S/c1-7(15)8-2-4-9(5-3-8)21(19,20)14-10(12(17)18)6-11(13)16/h2-5,10,14H,6H2,1H3,(H2,13,16)(H,17,18)/t10-/m0/s1. The molecule has 0 saturated heterocycles. The number of carboxylic acids is 1. The number of sulfonamides is 1. The van der Waals surface area contributed by atoms with Crippen molar-refractivity contribution in [1.82, 2.24) is 4.72 Å². The van der Waals surface area contributed by atoms with Crippen LogP contribution < -0.4 is 10.5 Å². The van der Waals surface area contributed by atoms with Crippen molar-refractivity contribution in [2.45, 2.75) is 24.3 Å². The highest BCUT2D eigenvalue weighted by atomic mass is 32.2. The number of amides is 1. The number of nitrogens with two attached hydrogens (primary N) is 1. The van der Waals surface area contributed by atoms with Gasteiger partial charge in [0.1, 0.15) is 6.04 Å². The number of carbonyl (C=O) groups is 3. The largest absolute Gasteiger partial charge is 0.480 e. The Balaban J connectivity index is 3.01. The minimum Gasteiger partial charge on any atom is -0.480 e. The molecule has 1 aromatic rings. The molecule has 21 heavy (non-hydrogen) atoms. The first-order valence-electron chi connectivity index (χ1n) is 5.78. The number of nitrogens with one attached hydrogen (secondary N) is 1. The smallest absolute Gasteiger partial charge is 0.322 e. The summed E-state index contributed by atoms with van der Waals surface area (Å²) in [6.45, 7) is 1.33. The van der Waals surface area contributed by atoms with Gasteiger partial charge in [0.15, 0.2) is 5.78 Å². The van der Waals surface area contributed by atoms with Crippen LogP contribution in [0.1, 0.15) is 23.7 Å². The Hall–Kier alpha value is -2.26. The van der Waals surface area contributed by atoms with E-state index in [1.165, 1.54) is 31.2 Å². The molecule has 0 bridgehead atoms. The van der Waals surface area contributed by atoms with E-state index in [0.717, 1.165) is 0 Å². The highest BCUT2D eigenvalue weighted by Gasteiger charge is 2.26. The summed E-state index contributed by atoms with van der Waals surface area (Å²) in [5.74, 6) is -2.70. The van der Waals surface area contributed by atoms with Crippen LogP contribution in [0.2, 0.25) is 0 Å². The van der Waals surface area contributed by atoms with Gasteiger partial charge in [0.25, 0.3) is 0 Å². The predicted molar refractivity (Wildman–Crippen MR) is 72.0 cm³/mol. The molecule has 0 aromatic heterocycles. The summed E-state index contributed by atoms with van der Waals surface area (Å²) < 4.78 is 25.9. The number of aliphatic carboxylic acids is 1. The van der Waals surface area contributed by atoms with Crippen molar-refractivity contribution in [3.05, 3.63) is 29.8 Å². The van der Waals surface area contributed by atoms with Gasteiger partial charge in [-0.15, -0.1) is 0 Å². The Labute approximate surface area is 121 Å². The van der Waals surface area contributed by atoms with E-state index >= 15 is 0 Å². The lowest BCUT2D eigenvalue weighted by Gasteiger charge is -2.13. The van der Waals surface area contributed by atoms with Crippen LogP contribution in [0.3, 0.4) is 0 Å². The Bertz CT molecular complexity index is 665. The zero-order chi connectivity index (χ0) is 16.2. The molecule has 0 unspecified atom stereocenters. The highest BCUT2D eigenvalue weighted by Crippen LogP contribution is 2.12. The van der Waals surface area contributed by atoms with Crippen LogP contribution in [0, 0.1) is 0 Å². The molecule has 9 heteroatoms. The number of benzene rings is 1. The van der Waals surface area contributed by atoms with Gasteiger partial charge in [-0.05, 0) is 19.1 Å². The minimum atomic E-state index is -4.14. The molecule has 1 amide bonds. The molecule has 0 aliphatic heterocycles. The summed E-state index contributed by atoms with van der Waals surface area (Å²) >= 11 is 0. The van der Waals surface area contributed by atoms with E-state index in [4.69, 9.17) is 10.8 Å².